The van der Waals surface area contributed by atoms with Crippen molar-refractivity contribution in [3.05, 3.63) is 24.0 Å². The summed E-state index contributed by atoms with van der Waals surface area (Å²) < 4.78 is 24.9. The van der Waals surface area contributed by atoms with Crippen LogP contribution in [0.3, 0.4) is 0 Å². The van der Waals surface area contributed by atoms with Crippen LogP contribution in [0.5, 0.6) is 0 Å². The van der Waals surface area contributed by atoms with Gasteiger partial charge in [-0.2, -0.15) is 0 Å². The molecule has 5 nitrogen and oxygen atoms in total. The third-order valence-corrected chi connectivity index (χ3v) is 5.38. The maximum Gasteiger partial charge on any atom is 0.268 e. The maximum absolute atomic E-state index is 12.1. The molecule has 1 aromatic heterocycles. The molecule has 0 spiro atoms. The molecule has 0 saturated heterocycles. The lowest BCUT2D eigenvalue weighted by Crippen LogP contribution is -2.42. The minimum Gasteiger partial charge on any atom is -0.348 e. The van der Waals surface area contributed by atoms with Crippen molar-refractivity contribution >= 4 is 15.7 Å². The zero-order chi connectivity index (χ0) is 14.0. The highest BCUT2D eigenvalue weighted by Crippen LogP contribution is 2.24. The Morgan fingerprint density at radius 3 is 2.74 bits per heavy atom. The molecular formula is C13H20N2O3S. The molecule has 0 aliphatic heterocycles. The molecule has 0 aromatic carbocycles. The quantitative estimate of drug-likeness (QED) is 0.904. The highest BCUT2D eigenvalue weighted by atomic mass is 32.2. The van der Waals surface area contributed by atoms with Crippen molar-refractivity contribution in [3.63, 3.8) is 0 Å². The van der Waals surface area contributed by atoms with Gasteiger partial charge in [-0.05, 0) is 31.4 Å². The van der Waals surface area contributed by atoms with Crippen LogP contribution in [-0.2, 0) is 16.9 Å². The molecule has 106 valence electrons. The Bertz CT molecular complexity index is 562. The predicted octanol–water partition coefficient (Wildman–Crippen LogP) is 1.11. The fourth-order valence-corrected chi connectivity index (χ4v) is 3.80. The molecular weight excluding hydrogens is 264 g/mol. The van der Waals surface area contributed by atoms with Gasteiger partial charge in [-0.15, -0.1) is 0 Å². The van der Waals surface area contributed by atoms with Gasteiger partial charge in [0, 0.05) is 25.5 Å². The lowest BCUT2D eigenvalue weighted by Gasteiger charge is -2.28. The second-order valence-corrected chi connectivity index (χ2v) is 7.62. The molecule has 1 N–H and O–H groups in total. The van der Waals surface area contributed by atoms with E-state index in [2.05, 4.69) is 5.32 Å². The fourth-order valence-electron chi connectivity index (χ4n) is 2.62. The monoisotopic (exact) mass is 284 g/mol. The van der Waals surface area contributed by atoms with Crippen LogP contribution >= 0.6 is 0 Å². The second kappa shape index (κ2) is 5.36. The predicted molar refractivity (Wildman–Crippen MR) is 73.8 cm³/mol. The van der Waals surface area contributed by atoms with E-state index in [9.17, 15) is 13.2 Å². The normalized spacial score (nSPS) is 24.1. The number of amides is 1. The standard InChI is InChI=1S/C13H20N2O3S/c1-15-8-4-7-12(15)13(16)14-10-5-3-6-11(9-10)19(2,17)18/h4,7-8,10-11H,3,5-6,9H2,1-2H3,(H,14,16)/t10-,11+/m0/s1. The van der Waals surface area contributed by atoms with E-state index in [1.807, 2.05) is 19.3 Å². The van der Waals surface area contributed by atoms with E-state index in [-0.39, 0.29) is 17.2 Å². The van der Waals surface area contributed by atoms with E-state index in [1.54, 1.807) is 10.6 Å². The third kappa shape index (κ3) is 3.37. The summed E-state index contributed by atoms with van der Waals surface area (Å²) in [7, 11) is -1.20. The van der Waals surface area contributed by atoms with Crippen LogP contribution in [0.4, 0.5) is 0 Å². The van der Waals surface area contributed by atoms with Crippen LogP contribution < -0.4 is 5.32 Å². The van der Waals surface area contributed by atoms with Gasteiger partial charge in [-0.1, -0.05) is 6.42 Å². The number of carbonyl (C=O) groups is 1. The summed E-state index contributed by atoms with van der Waals surface area (Å²) in [6.07, 6.45) is 6.01. The van der Waals surface area contributed by atoms with Crippen LogP contribution in [0.1, 0.15) is 36.2 Å². The first-order chi connectivity index (χ1) is 8.88. The highest BCUT2D eigenvalue weighted by Gasteiger charge is 2.29. The third-order valence-electron chi connectivity index (χ3n) is 3.74. The first kappa shape index (κ1) is 14.1. The summed E-state index contributed by atoms with van der Waals surface area (Å²) in [5.41, 5.74) is 0.599. The van der Waals surface area contributed by atoms with Crippen LogP contribution in [0.15, 0.2) is 18.3 Å². The molecule has 1 aromatic rings. The summed E-state index contributed by atoms with van der Waals surface area (Å²) in [6.45, 7) is 0. The molecule has 1 fully saturated rings. The van der Waals surface area contributed by atoms with E-state index < -0.39 is 9.84 Å². The minimum atomic E-state index is -3.01. The largest absolute Gasteiger partial charge is 0.348 e. The van der Waals surface area contributed by atoms with Gasteiger partial charge in [0.2, 0.25) is 0 Å². The number of sulfone groups is 1. The van der Waals surface area contributed by atoms with Gasteiger partial charge in [-0.3, -0.25) is 4.79 Å². The molecule has 2 atom stereocenters. The minimum absolute atomic E-state index is 0.0455. The van der Waals surface area contributed by atoms with E-state index in [0.717, 1.165) is 12.8 Å². The molecule has 1 saturated carbocycles. The van der Waals surface area contributed by atoms with Crippen molar-refractivity contribution in [2.75, 3.05) is 6.26 Å². The number of nitrogens with zero attached hydrogens (tertiary/aromatic N) is 1. The lowest BCUT2D eigenvalue weighted by atomic mass is 9.95. The Hall–Kier alpha value is -1.30. The summed E-state index contributed by atoms with van der Waals surface area (Å²) in [5.74, 6) is -0.133. The molecule has 19 heavy (non-hydrogen) atoms. The summed E-state index contributed by atoms with van der Waals surface area (Å²) >= 11 is 0. The first-order valence-corrected chi connectivity index (χ1v) is 8.44. The van der Waals surface area contributed by atoms with Crippen LogP contribution in [-0.4, -0.2) is 36.4 Å². The van der Waals surface area contributed by atoms with Crippen LogP contribution in [0, 0.1) is 0 Å². The van der Waals surface area contributed by atoms with Gasteiger partial charge >= 0.3 is 0 Å². The topological polar surface area (TPSA) is 68.2 Å². The van der Waals surface area contributed by atoms with Gasteiger partial charge in [0.15, 0.2) is 0 Å². The molecule has 0 unspecified atom stereocenters. The Balaban J connectivity index is 2.00. The summed E-state index contributed by atoms with van der Waals surface area (Å²) in [5, 5.41) is 2.62. The molecule has 1 aliphatic rings. The van der Waals surface area contributed by atoms with Gasteiger partial charge in [0.25, 0.3) is 5.91 Å². The van der Waals surface area contributed by atoms with Crippen molar-refractivity contribution in [1.29, 1.82) is 0 Å². The van der Waals surface area contributed by atoms with Gasteiger partial charge < -0.3 is 9.88 Å². The van der Waals surface area contributed by atoms with Gasteiger partial charge in [-0.25, -0.2) is 8.42 Å². The molecule has 0 bridgehead atoms. The van der Waals surface area contributed by atoms with Crippen molar-refractivity contribution in [2.45, 2.75) is 37.0 Å². The molecule has 1 amide bonds. The average Bonchev–Trinajstić information content (AvgIpc) is 2.75. The summed E-state index contributed by atoms with van der Waals surface area (Å²) in [6, 6.07) is 3.53. The molecule has 1 heterocycles. The number of hydrogen-bond acceptors (Lipinski definition) is 3. The smallest absolute Gasteiger partial charge is 0.268 e. The van der Waals surface area contributed by atoms with E-state index in [1.165, 1.54) is 6.26 Å². The number of nitrogens with one attached hydrogen (secondary N) is 1. The molecule has 6 heteroatoms. The van der Waals surface area contributed by atoms with Gasteiger partial charge in [0.05, 0.1) is 5.25 Å². The molecule has 1 aliphatic carbocycles. The SMILES string of the molecule is Cn1cccc1C(=O)N[C@H]1CCC[C@@H](S(C)(=O)=O)C1. The van der Waals surface area contributed by atoms with Crippen molar-refractivity contribution in [1.82, 2.24) is 9.88 Å². The van der Waals surface area contributed by atoms with Crippen molar-refractivity contribution in [2.24, 2.45) is 7.05 Å². The Morgan fingerprint density at radius 2 is 2.16 bits per heavy atom. The zero-order valence-electron chi connectivity index (χ0n) is 11.3. The Kier molecular flexibility index (Phi) is 3.99. The molecule has 2 rings (SSSR count). The van der Waals surface area contributed by atoms with Crippen molar-refractivity contribution < 1.29 is 13.2 Å². The average molecular weight is 284 g/mol. The Morgan fingerprint density at radius 1 is 1.42 bits per heavy atom. The molecule has 0 radical (unpaired) electrons. The second-order valence-electron chi connectivity index (χ2n) is 5.29. The zero-order valence-corrected chi connectivity index (χ0v) is 12.1. The number of aryl methyl sites for hydroxylation is 1. The summed E-state index contributed by atoms with van der Waals surface area (Å²) in [4.78, 5) is 12.1. The number of carbonyl (C=O) groups excluding carboxylic acids is 1. The van der Waals surface area contributed by atoms with E-state index >= 15 is 0 Å². The van der Waals surface area contributed by atoms with E-state index in [4.69, 9.17) is 0 Å². The van der Waals surface area contributed by atoms with Gasteiger partial charge in [0.1, 0.15) is 15.5 Å². The first-order valence-electron chi connectivity index (χ1n) is 6.49. The number of rotatable bonds is 3. The van der Waals surface area contributed by atoms with Crippen LogP contribution in [0.2, 0.25) is 0 Å². The Labute approximate surface area is 113 Å². The van der Waals surface area contributed by atoms with E-state index in [0.29, 0.717) is 18.5 Å². The lowest BCUT2D eigenvalue weighted by molar-refractivity contribution is 0.0919. The highest BCUT2D eigenvalue weighted by molar-refractivity contribution is 7.91. The number of aromatic nitrogens is 1. The fraction of sp³-hybridized carbons (Fsp3) is 0.615. The number of hydrogen-bond donors (Lipinski definition) is 1. The maximum atomic E-state index is 12.1. The van der Waals surface area contributed by atoms with Crippen molar-refractivity contribution in [3.8, 4) is 0 Å². The van der Waals surface area contributed by atoms with Crippen LogP contribution in [0.25, 0.3) is 0 Å².